The van der Waals surface area contributed by atoms with Crippen molar-refractivity contribution < 1.29 is 14.3 Å². The Bertz CT molecular complexity index is 749. The number of carbonyl (C=O) groups is 2. The first-order valence-corrected chi connectivity index (χ1v) is 12.6. The average Bonchev–Trinajstić information content (AvgIpc) is 2.82. The highest BCUT2D eigenvalue weighted by Crippen LogP contribution is 2.31. The fraction of sp³-hybridized carbons (Fsp3) is 0.704. The first-order chi connectivity index (χ1) is 15.4. The monoisotopic (exact) mass is 442 g/mol. The fourth-order valence-corrected chi connectivity index (χ4v) is 5.45. The Morgan fingerprint density at radius 2 is 1.78 bits per heavy atom. The first kappa shape index (κ1) is 24.6. The number of hydrogen-bond donors (Lipinski definition) is 0. The standard InChI is InChI=1S/C27H42N2O3/c1-20(2)17-26(30)28(3)25(19-21-9-8-12-24(18-21)32-4)22-13-15-29(16-14-22)27(31)23-10-6-5-7-11-23/h8-9,12,18,20,22-23,25H,5-7,10-11,13-17,19H2,1-4H3/t25-/m0/s1. The maximum atomic E-state index is 13.0. The van der Waals surface area contributed by atoms with Crippen LogP contribution in [0.2, 0.25) is 0 Å². The van der Waals surface area contributed by atoms with E-state index >= 15 is 0 Å². The van der Waals surface area contributed by atoms with Crippen LogP contribution in [0.3, 0.4) is 0 Å². The van der Waals surface area contributed by atoms with Gasteiger partial charge in [0.05, 0.1) is 7.11 Å². The molecule has 0 N–H and O–H groups in total. The Hall–Kier alpha value is -2.04. The zero-order chi connectivity index (χ0) is 23.1. The number of likely N-dealkylation sites (N-methyl/N-ethyl adjacent to an activating group) is 1. The molecule has 32 heavy (non-hydrogen) atoms. The number of methoxy groups -OCH3 is 1. The summed E-state index contributed by atoms with van der Waals surface area (Å²) in [5, 5.41) is 0. The molecular formula is C27H42N2O3. The first-order valence-electron chi connectivity index (χ1n) is 12.6. The van der Waals surface area contributed by atoms with Crippen molar-refractivity contribution in [2.75, 3.05) is 27.2 Å². The van der Waals surface area contributed by atoms with Crippen molar-refractivity contribution in [1.82, 2.24) is 9.80 Å². The molecular weight excluding hydrogens is 400 g/mol. The van der Waals surface area contributed by atoms with E-state index in [-0.39, 0.29) is 17.9 Å². The normalized spacial score (nSPS) is 19.1. The summed E-state index contributed by atoms with van der Waals surface area (Å²) in [5.74, 6) is 2.42. The highest BCUT2D eigenvalue weighted by atomic mass is 16.5. The number of amides is 2. The number of nitrogens with zero attached hydrogens (tertiary/aromatic N) is 2. The molecule has 1 saturated heterocycles. The maximum absolute atomic E-state index is 13.0. The van der Waals surface area contributed by atoms with Crippen molar-refractivity contribution in [2.24, 2.45) is 17.8 Å². The van der Waals surface area contributed by atoms with E-state index in [2.05, 4.69) is 30.9 Å². The number of rotatable bonds is 8. The van der Waals surface area contributed by atoms with Gasteiger partial charge in [-0.2, -0.15) is 0 Å². The van der Waals surface area contributed by atoms with E-state index < -0.39 is 0 Å². The molecule has 1 aromatic carbocycles. The average molecular weight is 443 g/mol. The summed E-state index contributed by atoms with van der Waals surface area (Å²) < 4.78 is 5.42. The molecule has 2 fully saturated rings. The quantitative estimate of drug-likeness (QED) is 0.574. The van der Waals surface area contributed by atoms with Crippen LogP contribution in [0.15, 0.2) is 24.3 Å². The molecule has 1 aliphatic heterocycles. The van der Waals surface area contributed by atoms with Crippen LogP contribution >= 0.6 is 0 Å². The molecule has 1 atom stereocenters. The third-order valence-electron chi connectivity index (χ3n) is 7.40. The Morgan fingerprint density at radius 3 is 2.41 bits per heavy atom. The number of piperidine rings is 1. The summed E-state index contributed by atoms with van der Waals surface area (Å²) in [7, 11) is 3.66. The van der Waals surface area contributed by atoms with Gasteiger partial charge in [-0.25, -0.2) is 0 Å². The molecule has 1 aromatic rings. The van der Waals surface area contributed by atoms with Gasteiger partial charge in [0.25, 0.3) is 0 Å². The Labute approximate surface area is 194 Å². The second-order valence-corrected chi connectivity index (χ2v) is 10.2. The van der Waals surface area contributed by atoms with Gasteiger partial charge < -0.3 is 14.5 Å². The molecule has 178 valence electrons. The van der Waals surface area contributed by atoms with E-state index in [1.54, 1.807) is 7.11 Å². The van der Waals surface area contributed by atoms with Crippen molar-refractivity contribution in [3.05, 3.63) is 29.8 Å². The van der Waals surface area contributed by atoms with Gasteiger partial charge >= 0.3 is 0 Å². The van der Waals surface area contributed by atoms with Crippen LogP contribution < -0.4 is 4.74 Å². The van der Waals surface area contributed by atoms with Crippen LogP contribution in [-0.2, 0) is 16.0 Å². The lowest BCUT2D eigenvalue weighted by molar-refractivity contribution is -0.140. The zero-order valence-corrected chi connectivity index (χ0v) is 20.5. The number of carbonyl (C=O) groups excluding carboxylic acids is 2. The Balaban J connectivity index is 1.68. The van der Waals surface area contributed by atoms with Gasteiger partial charge in [0.1, 0.15) is 5.75 Å². The van der Waals surface area contributed by atoms with Crippen LogP contribution in [-0.4, -0.2) is 54.9 Å². The molecule has 3 rings (SSSR count). The summed E-state index contributed by atoms with van der Waals surface area (Å²) in [6, 6.07) is 8.32. The largest absolute Gasteiger partial charge is 0.497 e. The van der Waals surface area contributed by atoms with E-state index in [9.17, 15) is 9.59 Å². The lowest BCUT2D eigenvalue weighted by atomic mass is 9.83. The molecule has 1 heterocycles. The minimum absolute atomic E-state index is 0.139. The zero-order valence-electron chi connectivity index (χ0n) is 20.5. The van der Waals surface area contributed by atoms with Crippen LogP contribution in [0.1, 0.15) is 70.8 Å². The topological polar surface area (TPSA) is 49.9 Å². The predicted octanol–water partition coefficient (Wildman–Crippen LogP) is 4.93. The molecule has 0 radical (unpaired) electrons. The molecule has 0 unspecified atom stereocenters. The number of benzene rings is 1. The third kappa shape index (κ3) is 6.49. The minimum atomic E-state index is 0.139. The number of ether oxygens (including phenoxy) is 1. The Morgan fingerprint density at radius 1 is 1.09 bits per heavy atom. The van der Waals surface area contributed by atoms with E-state index in [4.69, 9.17) is 4.74 Å². The molecule has 5 heteroatoms. The highest BCUT2D eigenvalue weighted by Gasteiger charge is 2.34. The van der Waals surface area contributed by atoms with E-state index in [1.807, 2.05) is 24.1 Å². The summed E-state index contributed by atoms with van der Waals surface area (Å²) in [5.41, 5.74) is 1.19. The van der Waals surface area contributed by atoms with E-state index in [1.165, 1.54) is 24.8 Å². The molecule has 1 aliphatic carbocycles. The van der Waals surface area contributed by atoms with Gasteiger partial charge in [0, 0.05) is 38.5 Å². The van der Waals surface area contributed by atoms with Crippen molar-refractivity contribution in [3.8, 4) is 5.75 Å². The van der Waals surface area contributed by atoms with Crippen molar-refractivity contribution >= 4 is 11.8 Å². The molecule has 1 saturated carbocycles. The lowest BCUT2D eigenvalue weighted by Gasteiger charge is -2.41. The molecule has 2 aliphatic rings. The second kappa shape index (κ2) is 11.7. The molecule has 2 amide bonds. The van der Waals surface area contributed by atoms with Gasteiger partial charge in [-0.3, -0.25) is 9.59 Å². The van der Waals surface area contributed by atoms with Gasteiger partial charge in [0.2, 0.25) is 11.8 Å². The molecule has 5 nitrogen and oxygen atoms in total. The number of likely N-dealkylation sites (tertiary alicyclic amines) is 1. The summed E-state index contributed by atoms with van der Waals surface area (Å²) >= 11 is 0. The molecule has 0 aromatic heterocycles. The van der Waals surface area contributed by atoms with Crippen LogP contribution in [0.5, 0.6) is 5.75 Å². The third-order valence-corrected chi connectivity index (χ3v) is 7.40. The second-order valence-electron chi connectivity index (χ2n) is 10.2. The van der Waals surface area contributed by atoms with Crippen LogP contribution in [0.25, 0.3) is 0 Å². The molecule has 0 bridgehead atoms. The van der Waals surface area contributed by atoms with Crippen LogP contribution in [0, 0.1) is 17.8 Å². The SMILES string of the molecule is COc1cccc(C[C@@H](C2CCN(C(=O)C3CCCCC3)CC2)N(C)C(=O)CC(C)C)c1. The van der Waals surface area contributed by atoms with Gasteiger partial charge in [0.15, 0.2) is 0 Å². The van der Waals surface area contributed by atoms with Crippen molar-refractivity contribution in [2.45, 2.75) is 77.7 Å². The van der Waals surface area contributed by atoms with Crippen molar-refractivity contribution in [3.63, 3.8) is 0 Å². The lowest BCUT2D eigenvalue weighted by Crippen LogP contribution is -2.49. The highest BCUT2D eigenvalue weighted by molar-refractivity contribution is 5.79. The maximum Gasteiger partial charge on any atom is 0.225 e. The van der Waals surface area contributed by atoms with E-state index in [0.29, 0.717) is 24.2 Å². The van der Waals surface area contributed by atoms with Gasteiger partial charge in [-0.15, -0.1) is 0 Å². The smallest absolute Gasteiger partial charge is 0.225 e. The van der Waals surface area contributed by atoms with Crippen molar-refractivity contribution in [1.29, 1.82) is 0 Å². The summed E-state index contributed by atoms with van der Waals surface area (Å²) in [4.78, 5) is 30.1. The van der Waals surface area contributed by atoms with E-state index in [0.717, 1.165) is 50.9 Å². The Kier molecular flexibility index (Phi) is 9.01. The minimum Gasteiger partial charge on any atom is -0.497 e. The summed E-state index contributed by atoms with van der Waals surface area (Å²) in [6.07, 6.45) is 9.10. The van der Waals surface area contributed by atoms with Gasteiger partial charge in [-0.1, -0.05) is 45.2 Å². The fourth-order valence-electron chi connectivity index (χ4n) is 5.45. The number of hydrogen-bond acceptors (Lipinski definition) is 3. The van der Waals surface area contributed by atoms with Gasteiger partial charge in [-0.05, 0) is 61.6 Å². The predicted molar refractivity (Wildman–Crippen MR) is 129 cm³/mol. The molecule has 0 spiro atoms. The summed E-state index contributed by atoms with van der Waals surface area (Å²) in [6.45, 7) is 5.83. The van der Waals surface area contributed by atoms with Crippen LogP contribution in [0.4, 0.5) is 0 Å².